The maximum absolute atomic E-state index is 13.6. The smallest absolute Gasteiger partial charge is 0.324 e. The molecule has 1 saturated carbocycles. The second kappa shape index (κ2) is 7.83. The highest BCUT2D eigenvalue weighted by atomic mass is 16.6. The number of esters is 2. The van der Waals surface area contributed by atoms with Gasteiger partial charge in [0.2, 0.25) is 0 Å². The van der Waals surface area contributed by atoms with Crippen LogP contribution in [0.2, 0.25) is 0 Å². The van der Waals surface area contributed by atoms with Crippen LogP contribution in [0.5, 0.6) is 0 Å². The Morgan fingerprint density at radius 2 is 1.44 bits per heavy atom. The average Bonchev–Trinajstić information content (AvgIpc) is 3.28. The molecule has 27 heavy (non-hydrogen) atoms. The molecule has 0 saturated heterocycles. The SMILES string of the molecule is CCOC(=O)C1(C(=O)OCC)[C@@H](C(C)C)[C@@]1(CC)C(=O)c1ccc(C)cc1. The molecule has 0 unspecified atom stereocenters. The van der Waals surface area contributed by atoms with Crippen molar-refractivity contribution < 1.29 is 23.9 Å². The number of Topliss-reactive ketones (excluding diaryl/α,β-unsaturated/α-hetero) is 1. The minimum atomic E-state index is -1.58. The lowest BCUT2D eigenvalue weighted by molar-refractivity contribution is -0.167. The molecule has 1 aromatic carbocycles. The van der Waals surface area contributed by atoms with Crippen molar-refractivity contribution in [3.8, 4) is 0 Å². The Kier molecular flexibility index (Phi) is 6.13. The van der Waals surface area contributed by atoms with Gasteiger partial charge in [0.15, 0.2) is 11.2 Å². The molecule has 0 radical (unpaired) electrons. The quantitative estimate of drug-likeness (QED) is 0.391. The van der Waals surface area contributed by atoms with Crippen molar-refractivity contribution in [2.45, 2.75) is 48.0 Å². The Labute approximate surface area is 161 Å². The second-order valence-electron chi connectivity index (χ2n) is 7.49. The van der Waals surface area contributed by atoms with E-state index >= 15 is 0 Å². The zero-order valence-electron chi connectivity index (χ0n) is 17.1. The lowest BCUT2D eigenvalue weighted by atomic mass is 9.82. The first-order valence-corrected chi connectivity index (χ1v) is 9.71. The topological polar surface area (TPSA) is 69.7 Å². The lowest BCUT2D eigenvalue weighted by Gasteiger charge is -2.21. The van der Waals surface area contributed by atoms with Crippen LogP contribution in [0.15, 0.2) is 24.3 Å². The first kappa shape index (κ1) is 21.1. The molecule has 5 nitrogen and oxygen atoms in total. The number of ketones is 1. The minimum Gasteiger partial charge on any atom is -0.465 e. The van der Waals surface area contributed by atoms with Crippen LogP contribution < -0.4 is 0 Å². The number of hydrogen-bond donors (Lipinski definition) is 0. The van der Waals surface area contributed by atoms with E-state index in [4.69, 9.17) is 9.47 Å². The van der Waals surface area contributed by atoms with Crippen LogP contribution in [0.1, 0.15) is 57.0 Å². The maximum Gasteiger partial charge on any atom is 0.324 e. The molecule has 1 fully saturated rings. The van der Waals surface area contributed by atoms with Gasteiger partial charge in [-0.25, -0.2) is 0 Å². The fourth-order valence-electron chi connectivity index (χ4n) is 4.77. The van der Waals surface area contributed by atoms with Gasteiger partial charge in [0, 0.05) is 11.5 Å². The highest BCUT2D eigenvalue weighted by molar-refractivity contribution is 6.17. The van der Waals surface area contributed by atoms with Gasteiger partial charge < -0.3 is 9.47 Å². The summed E-state index contributed by atoms with van der Waals surface area (Å²) in [6, 6.07) is 7.23. The Bertz CT molecular complexity index is 701. The monoisotopic (exact) mass is 374 g/mol. The van der Waals surface area contributed by atoms with Crippen molar-refractivity contribution in [1.82, 2.24) is 0 Å². The summed E-state index contributed by atoms with van der Waals surface area (Å²) in [7, 11) is 0. The predicted molar refractivity (Wildman–Crippen MR) is 102 cm³/mol. The third-order valence-corrected chi connectivity index (χ3v) is 5.76. The third kappa shape index (κ3) is 2.97. The summed E-state index contributed by atoms with van der Waals surface area (Å²) in [5.74, 6) is -2.01. The summed E-state index contributed by atoms with van der Waals surface area (Å²) in [5, 5.41) is 0. The van der Waals surface area contributed by atoms with Crippen LogP contribution in [0.25, 0.3) is 0 Å². The molecule has 1 aromatic rings. The van der Waals surface area contributed by atoms with Gasteiger partial charge >= 0.3 is 11.9 Å². The molecule has 1 aliphatic carbocycles. The van der Waals surface area contributed by atoms with E-state index in [1.807, 2.05) is 39.8 Å². The Balaban J connectivity index is 2.65. The zero-order valence-corrected chi connectivity index (χ0v) is 17.1. The fourth-order valence-corrected chi connectivity index (χ4v) is 4.77. The van der Waals surface area contributed by atoms with E-state index < -0.39 is 28.7 Å². The van der Waals surface area contributed by atoms with E-state index in [0.29, 0.717) is 12.0 Å². The summed E-state index contributed by atoms with van der Waals surface area (Å²) in [4.78, 5) is 39.7. The lowest BCUT2D eigenvalue weighted by Crippen LogP contribution is -2.38. The van der Waals surface area contributed by atoms with Crippen LogP contribution in [0.3, 0.4) is 0 Å². The number of carbonyl (C=O) groups is 3. The molecule has 0 amide bonds. The van der Waals surface area contributed by atoms with Gasteiger partial charge in [-0.15, -0.1) is 0 Å². The van der Waals surface area contributed by atoms with Crippen molar-refractivity contribution in [3.63, 3.8) is 0 Å². The van der Waals surface area contributed by atoms with E-state index in [0.717, 1.165) is 5.56 Å². The van der Waals surface area contributed by atoms with Crippen LogP contribution in [-0.4, -0.2) is 30.9 Å². The largest absolute Gasteiger partial charge is 0.465 e. The van der Waals surface area contributed by atoms with Gasteiger partial charge in [-0.05, 0) is 33.1 Å². The second-order valence-corrected chi connectivity index (χ2v) is 7.49. The molecule has 0 spiro atoms. The van der Waals surface area contributed by atoms with Crippen molar-refractivity contribution >= 4 is 17.7 Å². The van der Waals surface area contributed by atoms with E-state index in [2.05, 4.69) is 0 Å². The highest BCUT2D eigenvalue weighted by Gasteiger charge is 2.88. The summed E-state index contributed by atoms with van der Waals surface area (Å²) in [6.07, 6.45) is 0.361. The molecule has 0 N–H and O–H groups in total. The van der Waals surface area contributed by atoms with Crippen molar-refractivity contribution in [1.29, 1.82) is 0 Å². The molecule has 0 aromatic heterocycles. The molecule has 0 aliphatic heterocycles. The Morgan fingerprint density at radius 3 is 1.81 bits per heavy atom. The molecule has 0 bridgehead atoms. The van der Waals surface area contributed by atoms with Crippen molar-refractivity contribution in [2.75, 3.05) is 13.2 Å². The van der Waals surface area contributed by atoms with Gasteiger partial charge in [-0.3, -0.25) is 14.4 Å². The number of hydrogen-bond acceptors (Lipinski definition) is 5. The average molecular weight is 374 g/mol. The van der Waals surface area contributed by atoms with Crippen molar-refractivity contribution in [3.05, 3.63) is 35.4 Å². The standard InChI is InChI=1S/C22H30O5/c1-7-21(18(23)16-12-10-15(6)11-13-16)17(14(4)5)22(21,19(24)26-8-2)20(25)27-9-3/h10-14,17H,7-9H2,1-6H3/t17-,21-/m0/s1. The third-order valence-electron chi connectivity index (χ3n) is 5.76. The highest BCUT2D eigenvalue weighted by Crippen LogP contribution is 2.75. The molecule has 2 rings (SSSR count). The van der Waals surface area contributed by atoms with E-state index in [9.17, 15) is 14.4 Å². The molecular formula is C22H30O5. The fraction of sp³-hybridized carbons (Fsp3) is 0.591. The maximum atomic E-state index is 13.6. The number of aryl methyl sites for hydroxylation is 1. The zero-order chi connectivity index (χ0) is 20.4. The molecule has 0 heterocycles. The minimum absolute atomic E-state index is 0.0619. The molecule has 2 atom stereocenters. The number of carbonyl (C=O) groups excluding carboxylic acids is 3. The summed E-state index contributed by atoms with van der Waals surface area (Å²) in [6.45, 7) is 11.3. The van der Waals surface area contributed by atoms with E-state index in [-0.39, 0.29) is 24.9 Å². The molecule has 5 heteroatoms. The predicted octanol–water partition coefficient (Wildman–Crippen LogP) is 3.97. The number of rotatable bonds is 8. The summed E-state index contributed by atoms with van der Waals surface area (Å²) < 4.78 is 10.6. The first-order valence-electron chi connectivity index (χ1n) is 9.71. The van der Waals surface area contributed by atoms with Gasteiger partial charge in [0.1, 0.15) is 0 Å². The summed E-state index contributed by atoms with van der Waals surface area (Å²) >= 11 is 0. The van der Waals surface area contributed by atoms with Crippen molar-refractivity contribution in [2.24, 2.45) is 22.7 Å². The Morgan fingerprint density at radius 1 is 0.963 bits per heavy atom. The first-order chi connectivity index (χ1) is 12.7. The van der Waals surface area contributed by atoms with E-state index in [1.54, 1.807) is 26.0 Å². The molecule has 148 valence electrons. The number of benzene rings is 1. The molecular weight excluding hydrogens is 344 g/mol. The van der Waals surface area contributed by atoms with Gasteiger partial charge in [0.05, 0.1) is 18.6 Å². The van der Waals surface area contributed by atoms with Gasteiger partial charge in [0.25, 0.3) is 0 Å². The number of ether oxygens (including phenoxy) is 2. The normalized spacial score (nSPS) is 23.0. The van der Waals surface area contributed by atoms with Gasteiger partial charge in [-0.1, -0.05) is 50.6 Å². The Hall–Kier alpha value is -2.17. The van der Waals surface area contributed by atoms with Gasteiger partial charge in [-0.2, -0.15) is 0 Å². The van der Waals surface area contributed by atoms with E-state index in [1.165, 1.54) is 0 Å². The summed E-state index contributed by atoms with van der Waals surface area (Å²) in [5.41, 5.74) is -1.18. The van der Waals surface area contributed by atoms with Crippen LogP contribution >= 0.6 is 0 Å². The molecule has 1 aliphatic rings. The van der Waals surface area contributed by atoms with Crippen LogP contribution in [0.4, 0.5) is 0 Å². The van der Waals surface area contributed by atoms with Crippen LogP contribution in [-0.2, 0) is 19.1 Å². The van der Waals surface area contributed by atoms with Crippen LogP contribution in [0, 0.1) is 29.6 Å².